The number of nitrogens with one attached hydrogen (secondary N) is 1. The molecular weight excluding hydrogens is 234 g/mol. The second-order valence-corrected chi connectivity index (χ2v) is 4.37. The highest BCUT2D eigenvalue weighted by Gasteiger charge is 2.29. The molecule has 0 fully saturated rings. The van der Waals surface area contributed by atoms with Crippen LogP contribution in [0.1, 0.15) is 22.8 Å². The number of ether oxygens (including phenoxy) is 1. The van der Waals surface area contributed by atoms with Crippen LogP contribution in [0, 0.1) is 0 Å². The first-order valence-corrected chi connectivity index (χ1v) is 5.71. The number of hydrogen-bond donors (Lipinski definition) is 2. The maximum atomic E-state index is 11.8. The van der Waals surface area contributed by atoms with Gasteiger partial charge in [-0.3, -0.25) is 4.79 Å². The van der Waals surface area contributed by atoms with Crippen LogP contribution in [0.4, 0.5) is 5.69 Å². The molecule has 5 heteroatoms. The number of esters is 1. The molecular formula is C13H15NO4. The lowest BCUT2D eigenvalue weighted by Crippen LogP contribution is -2.43. The van der Waals surface area contributed by atoms with E-state index in [0.717, 1.165) is 11.3 Å². The number of ketones is 1. The number of aliphatic hydroxyl groups is 1. The van der Waals surface area contributed by atoms with Gasteiger partial charge in [-0.25, -0.2) is 4.79 Å². The molecule has 0 saturated heterocycles. The minimum Gasteiger partial charge on any atom is -0.465 e. The van der Waals surface area contributed by atoms with Gasteiger partial charge in [0.1, 0.15) is 6.04 Å². The second-order valence-electron chi connectivity index (χ2n) is 4.37. The highest BCUT2D eigenvalue weighted by atomic mass is 16.5. The predicted molar refractivity (Wildman–Crippen MR) is 65.6 cm³/mol. The average Bonchev–Trinajstić information content (AvgIpc) is 2.35. The van der Waals surface area contributed by atoms with Crippen molar-refractivity contribution in [2.45, 2.75) is 25.5 Å². The first kappa shape index (κ1) is 12.6. The summed E-state index contributed by atoms with van der Waals surface area (Å²) in [6.45, 7) is 1.57. The van der Waals surface area contributed by atoms with Gasteiger partial charge in [0.25, 0.3) is 0 Å². The van der Waals surface area contributed by atoms with Gasteiger partial charge in [0.15, 0.2) is 5.78 Å². The Bertz CT molecular complexity index is 496. The lowest BCUT2D eigenvalue weighted by molar-refractivity contribution is -0.121. The molecule has 5 nitrogen and oxygen atoms in total. The Labute approximate surface area is 105 Å². The number of Topliss-reactive ketones (excluding diaryl/α,β-unsaturated/α-hetero) is 1. The van der Waals surface area contributed by atoms with Crippen molar-refractivity contribution in [2.75, 3.05) is 12.4 Å². The summed E-state index contributed by atoms with van der Waals surface area (Å²) < 4.78 is 4.63. The molecule has 2 N–H and O–H groups in total. The summed E-state index contributed by atoms with van der Waals surface area (Å²) in [6.07, 6.45) is -0.533. The molecule has 2 rings (SSSR count). The van der Waals surface area contributed by atoms with Crippen LogP contribution in [0.2, 0.25) is 0 Å². The maximum absolute atomic E-state index is 11.8. The van der Waals surface area contributed by atoms with E-state index in [1.54, 1.807) is 25.1 Å². The monoisotopic (exact) mass is 249 g/mol. The fourth-order valence-electron chi connectivity index (χ4n) is 2.06. The SMILES string of the molecule is COC(=O)c1ccc2c(c1)CC(=O)C(C(C)O)N2. The van der Waals surface area contributed by atoms with Gasteiger partial charge in [0, 0.05) is 12.1 Å². The fraction of sp³-hybridized carbons (Fsp3) is 0.385. The Morgan fingerprint density at radius 2 is 2.28 bits per heavy atom. The molecule has 1 aliphatic rings. The number of fused-ring (bicyclic) bond motifs is 1. The summed E-state index contributed by atoms with van der Waals surface area (Å²) in [5.74, 6) is -0.512. The number of carbonyl (C=O) groups excluding carboxylic acids is 2. The van der Waals surface area contributed by atoms with Crippen LogP contribution in [-0.4, -0.2) is 36.1 Å². The van der Waals surface area contributed by atoms with E-state index in [4.69, 9.17) is 0 Å². The van der Waals surface area contributed by atoms with Crippen LogP contribution in [0.25, 0.3) is 0 Å². The van der Waals surface area contributed by atoms with Gasteiger partial charge in [-0.05, 0) is 30.7 Å². The Morgan fingerprint density at radius 1 is 1.56 bits per heavy atom. The molecule has 0 bridgehead atoms. The first-order chi connectivity index (χ1) is 8.52. The summed E-state index contributed by atoms with van der Waals surface area (Å²) in [7, 11) is 1.31. The van der Waals surface area contributed by atoms with E-state index in [1.807, 2.05) is 0 Å². The van der Waals surface area contributed by atoms with Crippen molar-refractivity contribution in [3.8, 4) is 0 Å². The zero-order chi connectivity index (χ0) is 13.3. The van der Waals surface area contributed by atoms with Crippen molar-refractivity contribution in [3.63, 3.8) is 0 Å². The van der Waals surface area contributed by atoms with Crippen molar-refractivity contribution >= 4 is 17.4 Å². The molecule has 0 spiro atoms. The molecule has 18 heavy (non-hydrogen) atoms. The highest BCUT2D eigenvalue weighted by Crippen LogP contribution is 2.25. The summed E-state index contributed by atoms with van der Waals surface area (Å²) in [4.78, 5) is 23.2. The molecule has 0 saturated carbocycles. The molecule has 1 aliphatic heterocycles. The van der Waals surface area contributed by atoms with E-state index in [1.165, 1.54) is 7.11 Å². The first-order valence-electron chi connectivity index (χ1n) is 5.71. The summed E-state index contributed by atoms with van der Waals surface area (Å²) in [5, 5.41) is 12.5. The van der Waals surface area contributed by atoms with Crippen molar-refractivity contribution in [1.82, 2.24) is 0 Å². The smallest absolute Gasteiger partial charge is 0.337 e. The minimum atomic E-state index is -0.745. The van der Waals surface area contributed by atoms with Gasteiger partial charge in [-0.2, -0.15) is 0 Å². The number of methoxy groups -OCH3 is 1. The van der Waals surface area contributed by atoms with Gasteiger partial charge < -0.3 is 15.2 Å². The molecule has 2 atom stereocenters. The third-order valence-electron chi connectivity index (χ3n) is 3.03. The molecule has 2 unspecified atom stereocenters. The summed E-state index contributed by atoms with van der Waals surface area (Å²) in [6, 6.07) is 4.42. The molecule has 96 valence electrons. The Hall–Kier alpha value is -1.88. The molecule has 1 aromatic carbocycles. The van der Waals surface area contributed by atoms with E-state index in [-0.39, 0.29) is 12.2 Å². The molecule has 0 aromatic heterocycles. The quantitative estimate of drug-likeness (QED) is 0.757. The van der Waals surface area contributed by atoms with Gasteiger partial charge >= 0.3 is 5.97 Å². The minimum absolute atomic E-state index is 0.0838. The normalized spacial score (nSPS) is 19.7. The maximum Gasteiger partial charge on any atom is 0.337 e. The zero-order valence-electron chi connectivity index (χ0n) is 10.3. The Balaban J connectivity index is 2.32. The van der Waals surface area contributed by atoms with E-state index in [2.05, 4.69) is 10.1 Å². The topological polar surface area (TPSA) is 75.6 Å². The number of carbonyl (C=O) groups is 2. The average molecular weight is 249 g/mol. The number of aliphatic hydroxyl groups excluding tert-OH is 1. The van der Waals surface area contributed by atoms with Crippen LogP contribution in [-0.2, 0) is 16.0 Å². The van der Waals surface area contributed by atoms with E-state index in [0.29, 0.717) is 5.56 Å². The van der Waals surface area contributed by atoms with Gasteiger partial charge in [0.2, 0.25) is 0 Å². The van der Waals surface area contributed by atoms with Gasteiger partial charge in [-0.1, -0.05) is 0 Å². The molecule has 0 aliphatic carbocycles. The summed E-state index contributed by atoms with van der Waals surface area (Å²) >= 11 is 0. The second kappa shape index (κ2) is 4.78. The van der Waals surface area contributed by atoms with Crippen LogP contribution in [0.15, 0.2) is 18.2 Å². The number of benzene rings is 1. The van der Waals surface area contributed by atoms with Crippen molar-refractivity contribution < 1.29 is 19.4 Å². The molecule has 0 amide bonds. The molecule has 0 radical (unpaired) electrons. The lowest BCUT2D eigenvalue weighted by atomic mass is 9.93. The van der Waals surface area contributed by atoms with E-state index < -0.39 is 18.1 Å². The number of hydrogen-bond acceptors (Lipinski definition) is 5. The van der Waals surface area contributed by atoms with Crippen molar-refractivity contribution in [1.29, 1.82) is 0 Å². The van der Waals surface area contributed by atoms with Crippen molar-refractivity contribution in [3.05, 3.63) is 29.3 Å². The predicted octanol–water partition coefficient (Wildman–Crippen LogP) is 0.760. The highest BCUT2D eigenvalue weighted by molar-refractivity contribution is 5.95. The van der Waals surface area contributed by atoms with E-state index >= 15 is 0 Å². The number of anilines is 1. The lowest BCUT2D eigenvalue weighted by Gasteiger charge is -2.28. The zero-order valence-corrected chi connectivity index (χ0v) is 10.3. The van der Waals surface area contributed by atoms with Crippen molar-refractivity contribution in [2.24, 2.45) is 0 Å². The van der Waals surface area contributed by atoms with Crippen LogP contribution >= 0.6 is 0 Å². The largest absolute Gasteiger partial charge is 0.465 e. The number of rotatable bonds is 2. The van der Waals surface area contributed by atoms with Crippen LogP contribution in [0.5, 0.6) is 0 Å². The Kier molecular flexibility index (Phi) is 3.34. The Morgan fingerprint density at radius 3 is 2.89 bits per heavy atom. The third-order valence-corrected chi connectivity index (χ3v) is 3.03. The fourth-order valence-corrected chi connectivity index (χ4v) is 2.06. The molecule has 1 aromatic rings. The van der Waals surface area contributed by atoms with Crippen LogP contribution < -0.4 is 5.32 Å². The standard InChI is InChI=1S/C13H15NO4/c1-7(15)12-11(16)6-9-5-8(13(17)18-2)3-4-10(9)14-12/h3-5,7,12,14-15H,6H2,1-2H3. The van der Waals surface area contributed by atoms with Crippen LogP contribution in [0.3, 0.4) is 0 Å². The third kappa shape index (κ3) is 2.22. The summed E-state index contributed by atoms with van der Waals surface area (Å²) in [5.41, 5.74) is 1.94. The molecule has 1 heterocycles. The van der Waals surface area contributed by atoms with E-state index in [9.17, 15) is 14.7 Å². The van der Waals surface area contributed by atoms with Gasteiger partial charge in [-0.15, -0.1) is 0 Å². The van der Waals surface area contributed by atoms with Gasteiger partial charge in [0.05, 0.1) is 18.8 Å².